The summed E-state index contributed by atoms with van der Waals surface area (Å²) in [6, 6.07) is 16.6. The Bertz CT molecular complexity index is 1070. The highest BCUT2D eigenvalue weighted by molar-refractivity contribution is 5.81. The van der Waals surface area contributed by atoms with Crippen LogP contribution in [-0.2, 0) is 14.3 Å². The molecule has 1 heterocycles. The van der Waals surface area contributed by atoms with Gasteiger partial charge in [-0.3, -0.25) is 9.69 Å². The maximum Gasteiger partial charge on any atom is 0.410 e. The van der Waals surface area contributed by atoms with Crippen molar-refractivity contribution in [2.45, 2.75) is 96.7 Å². The highest BCUT2D eigenvalue weighted by atomic mass is 19.1. The molecule has 1 atom stereocenters. The van der Waals surface area contributed by atoms with Gasteiger partial charge in [-0.05, 0) is 78.0 Å². The summed E-state index contributed by atoms with van der Waals surface area (Å²) < 4.78 is 18.3. The number of rotatable bonds is 5. The van der Waals surface area contributed by atoms with Crippen LogP contribution in [0.25, 0.3) is 0 Å². The number of anilines is 1. The lowest BCUT2D eigenvalue weighted by Crippen LogP contribution is -2.46. The maximum absolute atomic E-state index is 13.1. The Kier molecular flexibility index (Phi) is 14.3. The van der Waals surface area contributed by atoms with Gasteiger partial charge in [0.1, 0.15) is 17.7 Å². The number of carbonyl (C=O) groups is 3. The molecular formula is C33H48FN3O4. The van der Waals surface area contributed by atoms with E-state index >= 15 is 0 Å². The molecule has 1 aliphatic heterocycles. The molecule has 0 radical (unpaired) electrons. The number of piperidine rings is 1. The van der Waals surface area contributed by atoms with E-state index in [0.29, 0.717) is 12.6 Å². The molecule has 0 bridgehead atoms. The third-order valence-corrected chi connectivity index (χ3v) is 6.87. The number of aryl methyl sites for hydroxylation is 1. The van der Waals surface area contributed by atoms with Crippen LogP contribution < -0.4 is 10.2 Å². The largest absolute Gasteiger partial charge is 0.444 e. The van der Waals surface area contributed by atoms with Crippen LogP contribution in [0.2, 0.25) is 0 Å². The highest BCUT2D eigenvalue weighted by Crippen LogP contribution is 2.19. The Morgan fingerprint density at radius 3 is 2.22 bits per heavy atom. The van der Waals surface area contributed by atoms with Crippen LogP contribution in [0.15, 0.2) is 54.6 Å². The van der Waals surface area contributed by atoms with Gasteiger partial charge >= 0.3 is 6.09 Å². The molecule has 2 aromatic carbocycles. The van der Waals surface area contributed by atoms with E-state index in [-0.39, 0.29) is 30.4 Å². The van der Waals surface area contributed by atoms with Crippen LogP contribution in [-0.4, -0.2) is 61.0 Å². The molecule has 0 aromatic heterocycles. The molecule has 4 rings (SSSR count). The molecule has 1 N–H and O–H groups in total. The fourth-order valence-corrected chi connectivity index (χ4v) is 4.72. The molecule has 2 aliphatic rings. The van der Waals surface area contributed by atoms with E-state index in [1.807, 2.05) is 39.0 Å². The number of hydrogen-bond donors (Lipinski definition) is 1. The summed E-state index contributed by atoms with van der Waals surface area (Å²) in [6.07, 6.45) is 8.99. The number of amides is 2. The molecule has 2 amide bonds. The van der Waals surface area contributed by atoms with Gasteiger partial charge in [0.25, 0.3) is 0 Å². The van der Waals surface area contributed by atoms with Crippen molar-refractivity contribution in [1.29, 1.82) is 0 Å². The van der Waals surface area contributed by atoms with Crippen molar-refractivity contribution >= 4 is 24.0 Å². The lowest BCUT2D eigenvalue weighted by molar-refractivity contribution is -0.120. The van der Waals surface area contributed by atoms with Crippen molar-refractivity contribution < 1.29 is 23.5 Å². The SMILES string of the molecule is CC(C)(C)OC(=O)N1CCCCC1C=O.CN(CC(=O)NC1CCCCC1)c1cccc(F)c1.Cc1ccccc1. The van der Waals surface area contributed by atoms with Gasteiger partial charge < -0.3 is 19.7 Å². The molecule has 8 heteroatoms. The predicted molar refractivity (Wildman–Crippen MR) is 163 cm³/mol. The van der Waals surface area contributed by atoms with Gasteiger partial charge in [-0.1, -0.05) is 61.2 Å². The Labute approximate surface area is 245 Å². The summed E-state index contributed by atoms with van der Waals surface area (Å²) in [5.41, 5.74) is 1.54. The number of nitrogens with zero attached hydrogens (tertiary/aromatic N) is 2. The molecule has 1 saturated carbocycles. The van der Waals surface area contributed by atoms with Gasteiger partial charge in [-0.15, -0.1) is 0 Å². The van der Waals surface area contributed by atoms with Crippen LogP contribution in [0.4, 0.5) is 14.9 Å². The Hall–Kier alpha value is -3.42. The van der Waals surface area contributed by atoms with Gasteiger partial charge in [-0.25, -0.2) is 9.18 Å². The van der Waals surface area contributed by atoms with Gasteiger partial charge in [0.05, 0.1) is 12.6 Å². The second-order valence-electron chi connectivity index (χ2n) is 11.8. The first-order chi connectivity index (χ1) is 19.5. The van der Waals surface area contributed by atoms with Gasteiger partial charge in [0.15, 0.2) is 0 Å². The van der Waals surface area contributed by atoms with Crippen molar-refractivity contribution in [2.75, 3.05) is 25.0 Å². The first kappa shape index (κ1) is 33.8. The number of ether oxygens (including phenoxy) is 1. The zero-order chi connectivity index (χ0) is 30.3. The first-order valence-electron chi connectivity index (χ1n) is 14.7. The average Bonchev–Trinajstić information content (AvgIpc) is 2.93. The fourth-order valence-electron chi connectivity index (χ4n) is 4.72. The zero-order valence-electron chi connectivity index (χ0n) is 25.4. The highest BCUT2D eigenvalue weighted by Gasteiger charge is 2.29. The Balaban J connectivity index is 0.000000237. The smallest absolute Gasteiger partial charge is 0.410 e. The van der Waals surface area contributed by atoms with Crippen molar-refractivity contribution in [3.8, 4) is 0 Å². The van der Waals surface area contributed by atoms with E-state index in [2.05, 4.69) is 24.4 Å². The van der Waals surface area contributed by atoms with Gasteiger partial charge in [0.2, 0.25) is 5.91 Å². The van der Waals surface area contributed by atoms with E-state index in [9.17, 15) is 18.8 Å². The lowest BCUT2D eigenvalue weighted by atomic mass is 9.95. The number of hydrogen-bond acceptors (Lipinski definition) is 5. The van der Waals surface area contributed by atoms with Crippen LogP contribution >= 0.6 is 0 Å². The summed E-state index contributed by atoms with van der Waals surface area (Å²) >= 11 is 0. The molecule has 2 fully saturated rings. The fraction of sp³-hybridized carbons (Fsp3) is 0.545. The van der Waals surface area contributed by atoms with E-state index in [0.717, 1.165) is 44.1 Å². The summed E-state index contributed by atoms with van der Waals surface area (Å²) in [7, 11) is 1.80. The maximum atomic E-state index is 13.1. The van der Waals surface area contributed by atoms with Crippen LogP contribution in [0.1, 0.15) is 77.7 Å². The number of likely N-dealkylation sites (tertiary alicyclic amines) is 1. The van der Waals surface area contributed by atoms with Crippen molar-refractivity contribution in [3.63, 3.8) is 0 Å². The molecule has 41 heavy (non-hydrogen) atoms. The van der Waals surface area contributed by atoms with Gasteiger partial charge in [0, 0.05) is 25.3 Å². The number of benzene rings is 2. The quantitative estimate of drug-likeness (QED) is 0.407. The van der Waals surface area contributed by atoms with Gasteiger partial charge in [-0.2, -0.15) is 0 Å². The lowest BCUT2D eigenvalue weighted by Gasteiger charge is -2.33. The van der Waals surface area contributed by atoms with Crippen LogP contribution in [0, 0.1) is 12.7 Å². The Morgan fingerprint density at radius 1 is 1.00 bits per heavy atom. The first-order valence-corrected chi connectivity index (χ1v) is 14.7. The van der Waals surface area contributed by atoms with E-state index in [1.165, 1.54) is 41.9 Å². The molecule has 1 saturated heterocycles. The zero-order valence-corrected chi connectivity index (χ0v) is 25.4. The monoisotopic (exact) mass is 569 g/mol. The van der Waals surface area contributed by atoms with Crippen LogP contribution in [0.3, 0.4) is 0 Å². The summed E-state index contributed by atoms with van der Waals surface area (Å²) in [5, 5.41) is 3.06. The second kappa shape index (κ2) is 17.4. The Morgan fingerprint density at radius 2 is 1.66 bits per heavy atom. The second-order valence-corrected chi connectivity index (χ2v) is 11.8. The third-order valence-electron chi connectivity index (χ3n) is 6.87. The average molecular weight is 570 g/mol. The minimum atomic E-state index is -0.498. The number of carbonyl (C=O) groups excluding carboxylic acids is 3. The number of halogens is 1. The summed E-state index contributed by atoms with van der Waals surface area (Å²) in [5.74, 6) is -0.268. The third kappa shape index (κ3) is 13.7. The molecule has 2 aromatic rings. The molecular weight excluding hydrogens is 521 g/mol. The molecule has 1 aliphatic carbocycles. The van der Waals surface area contributed by atoms with E-state index in [1.54, 1.807) is 24.1 Å². The number of nitrogens with one attached hydrogen (secondary N) is 1. The summed E-state index contributed by atoms with van der Waals surface area (Å²) in [4.78, 5) is 37.7. The van der Waals surface area contributed by atoms with E-state index in [4.69, 9.17) is 4.74 Å². The topological polar surface area (TPSA) is 79.0 Å². The molecule has 1 unspecified atom stereocenters. The van der Waals surface area contributed by atoms with E-state index < -0.39 is 5.60 Å². The van der Waals surface area contributed by atoms with Crippen LogP contribution in [0.5, 0.6) is 0 Å². The standard InChI is InChI=1S/C15H21FN2O.C11H19NO3.C7H8/c1-18(14-9-5-6-12(16)10-14)11-15(19)17-13-7-3-2-4-8-13;1-11(2,3)15-10(14)12-7-5-4-6-9(12)8-13;1-7-5-3-2-4-6-7/h5-6,9-10,13H,2-4,7-8,11H2,1H3,(H,17,19);8-9H,4-7H2,1-3H3;2-6H,1H3. The minimum Gasteiger partial charge on any atom is -0.444 e. The van der Waals surface area contributed by atoms with Crippen molar-refractivity contribution in [2.24, 2.45) is 0 Å². The predicted octanol–water partition coefficient (Wildman–Crippen LogP) is 6.68. The number of aldehydes is 1. The number of likely N-dealkylation sites (N-methyl/N-ethyl adjacent to an activating group) is 1. The summed E-state index contributed by atoms with van der Waals surface area (Å²) in [6.45, 7) is 8.44. The van der Waals surface area contributed by atoms with Crippen molar-refractivity contribution in [1.82, 2.24) is 10.2 Å². The molecule has 7 nitrogen and oxygen atoms in total. The van der Waals surface area contributed by atoms with Crippen molar-refractivity contribution in [3.05, 3.63) is 66.0 Å². The minimum absolute atomic E-state index is 0.0126. The normalized spacial score (nSPS) is 17.1. The molecule has 0 spiro atoms. The molecule has 226 valence electrons.